The van der Waals surface area contributed by atoms with Crippen molar-refractivity contribution in [3.05, 3.63) is 65.7 Å². The van der Waals surface area contributed by atoms with E-state index in [0.717, 1.165) is 12.8 Å². The SMILES string of the molecule is Cl.Nc1ccccc1C(=O)N1CCN(C(=O)CCCc2ccccc2)CC1. The molecule has 144 valence electrons. The molecule has 0 spiro atoms. The van der Waals surface area contributed by atoms with Crippen LogP contribution < -0.4 is 5.73 Å². The summed E-state index contributed by atoms with van der Waals surface area (Å²) in [5.41, 5.74) is 8.19. The van der Waals surface area contributed by atoms with Gasteiger partial charge in [-0.05, 0) is 30.5 Å². The summed E-state index contributed by atoms with van der Waals surface area (Å²) in [4.78, 5) is 28.6. The molecule has 0 unspecified atom stereocenters. The predicted molar refractivity (Wildman–Crippen MR) is 110 cm³/mol. The van der Waals surface area contributed by atoms with Crippen molar-refractivity contribution in [3.63, 3.8) is 0 Å². The monoisotopic (exact) mass is 387 g/mol. The van der Waals surface area contributed by atoms with Crippen LogP contribution in [0.25, 0.3) is 0 Å². The van der Waals surface area contributed by atoms with Crippen LogP contribution in [-0.2, 0) is 11.2 Å². The minimum absolute atomic E-state index is 0. The quantitative estimate of drug-likeness (QED) is 0.802. The molecule has 27 heavy (non-hydrogen) atoms. The van der Waals surface area contributed by atoms with Crippen LogP contribution in [0.1, 0.15) is 28.8 Å². The molecule has 1 saturated heterocycles. The van der Waals surface area contributed by atoms with Crippen LogP contribution in [0, 0.1) is 0 Å². The highest BCUT2D eigenvalue weighted by molar-refractivity contribution is 5.99. The lowest BCUT2D eigenvalue weighted by Crippen LogP contribution is -2.50. The number of amides is 2. The van der Waals surface area contributed by atoms with Gasteiger partial charge in [0.1, 0.15) is 0 Å². The Morgan fingerprint density at radius 1 is 0.852 bits per heavy atom. The van der Waals surface area contributed by atoms with E-state index in [4.69, 9.17) is 5.73 Å². The first-order valence-electron chi connectivity index (χ1n) is 9.10. The number of anilines is 1. The molecule has 0 aliphatic carbocycles. The van der Waals surface area contributed by atoms with Gasteiger partial charge < -0.3 is 15.5 Å². The molecular formula is C21H26ClN3O2. The van der Waals surface area contributed by atoms with Gasteiger partial charge in [-0.1, -0.05) is 42.5 Å². The van der Waals surface area contributed by atoms with E-state index in [1.54, 1.807) is 17.0 Å². The third-order valence-corrected chi connectivity index (χ3v) is 4.81. The van der Waals surface area contributed by atoms with Gasteiger partial charge in [-0.15, -0.1) is 12.4 Å². The number of para-hydroxylation sites is 1. The van der Waals surface area contributed by atoms with E-state index in [1.165, 1.54) is 5.56 Å². The molecule has 1 fully saturated rings. The number of halogens is 1. The van der Waals surface area contributed by atoms with Gasteiger partial charge in [-0.3, -0.25) is 9.59 Å². The van der Waals surface area contributed by atoms with Crippen LogP contribution in [-0.4, -0.2) is 47.8 Å². The standard InChI is InChI=1S/C21H25N3O2.ClH/c22-19-11-5-4-10-18(19)21(26)24-15-13-23(14-16-24)20(25)12-6-9-17-7-2-1-3-8-17;/h1-5,7-8,10-11H,6,9,12-16,22H2;1H. The smallest absolute Gasteiger partial charge is 0.256 e. The summed E-state index contributed by atoms with van der Waals surface area (Å²) >= 11 is 0. The first-order chi connectivity index (χ1) is 12.6. The van der Waals surface area contributed by atoms with E-state index in [1.807, 2.05) is 35.2 Å². The number of hydrogen-bond donors (Lipinski definition) is 1. The molecule has 0 aromatic heterocycles. The first kappa shape index (κ1) is 20.8. The van der Waals surface area contributed by atoms with Crippen molar-refractivity contribution >= 4 is 29.9 Å². The Morgan fingerprint density at radius 2 is 1.44 bits per heavy atom. The fourth-order valence-electron chi connectivity index (χ4n) is 3.27. The lowest BCUT2D eigenvalue weighted by atomic mass is 10.1. The lowest BCUT2D eigenvalue weighted by Gasteiger charge is -2.35. The van der Waals surface area contributed by atoms with Crippen LogP contribution in [0.15, 0.2) is 54.6 Å². The van der Waals surface area contributed by atoms with Gasteiger partial charge in [-0.25, -0.2) is 0 Å². The van der Waals surface area contributed by atoms with Crippen LogP contribution >= 0.6 is 12.4 Å². The molecule has 2 aromatic rings. The molecule has 2 amide bonds. The number of nitrogen functional groups attached to an aromatic ring is 1. The Morgan fingerprint density at radius 3 is 2.11 bits per heavy atom. The zero-order valence-electron chi connectivity index (χ0n) is 15.3. The molecule has 6 heteroatoms. The predicted octanol–water partition coefficient (Wildman–Crippen LogP) is 3.00. The van der Waals surface area contributed by atoms with Crippen molar-refractivity contribution in [1.29, 1.82) is 0 Å². The maximum Gasteiger partial charge on any atom is 0.256 e. The second kappa shape index (κ2) is 9.97. The fraction of sp³-hybridized carbons (Fsp3) is 0.333. The van der Waals surface area contributed by atoms with Crippen molar-refractivity contribution < 1.29 is 9.59 Å². The second-order valence-electron chi connectivity index (χ2n) is 6.60. The normalized spacial score (nSPS) is 13.8. The van der Waals surface area contributed by atoms with Crippen LogP contribution in [0.4, 0.5) is 5.69 Å². The number of benzene rings is 2. The Bertz CT molecular complexity index is 759. The Labute approximate surface area is 166 Å². The fourth-order valence-corrected chi connectivity index (χ4v) is 3.27. The maximum atomic E-state index is 12.6. The number of rotatable bonds is 5. The van der Waals surface area contributed by atoms with Gasteiger partial charge in [0.05, 0.1) is 5.56 Å². The molecule has 0 bridgehead atoms. The average Bonchev–Trinajstić information content (AvgIpc) is 2.69. The molecule has 0 saturated carbocycles. The highest BCUT2D eigenvalue weighted by atomic mass is 35.5. The van der Waals surface area contributed by atoms with Crippen LogP contribution in [0.2, 0.25) is 0 Å². The Balaban J connectivity index is 0.00000261. The van der Waals surface area contributed by atoms with Crippen molar-refractivity contribution in [2.45, 2.75) is 19.3 Å². The van der Waals surface area contributed by atoms with E-state index in [-0.39, 0.29) is 24.2 Å². The van der Waals surface area contributed by atoms with E-state index in [2.05, 4.69) is 12.1 Å². The second-order valence-corrected chi connectivity index (χ2v) is 6.60. The molecule has 1 aliphatic rings. The van der Waals surface area contributed by atoms with Gasteiger partial charge in [0, 0.05) is 38.3 Å². The lowest BCUT2D eigenvalue weighted by molar-refractivity contribution is -0.132. The third kappa shape index (κ3) is 5.47. The minimum Gasteiger partial charge on any atom is -0.398 e. The molecule has 1 heterocycles. The van der Waals surface area contributed by atoms with E-state index >= 15 is 0 Å². The number of hydrogen-bond acceptors (Lipinski definition) is 3. The summed E-state index contributed by atoms with van der Waals surface area (Å²) in [5.74, 6) is 0.117. The molecule has 2 aromatic carbocycles. The van der Waals surface area contributed by atoms with Gasteiger partial charge in [0.15, 0.2) is 0 Å². The molecule has 1 aliphatic heterocycles. The number of piperazine rings is 1. The van der Waals surface area contributed by atoms with Crippen LogP contribution in [0.3, 0.4) is 0 Å². The van der Waals surface area contributed by atoms with Gasteiger partial charge in [0.25, 0.3) is 5.91 Å². The summed E-state index contributed by atoms with van der Waals surface area (Å²) in [6.07, 6.45) is 2.31. The molecule has 2 N–H and O–H groups in total. The van der Waals surface area contributed by atoms with Crippen LogP contribution in [0.5, 0.6) is 0 Å². The minimum atomic E-state index is -0.0562. The van der Waals surface area contributed by atoms with Gasteiger partial charge >= 0.3 is 0 Å². The number of nitrogens with two attached hydrogens (primary N) is 1. The first-order valence-corrected chi connectivity index (χ1v) is 9.10. The zero-order valence-corrected chi connectivity index (χ0v) is 16.2. The van der Waals surface area contributed by atoms with E-state index < -0.39 is 0 Å². The van der Waals surface area contributed by atoms with Gasteiger partial charge in [0.2, 0.25) is 5.91 Å². The Kier molecular flexibility index (Phi) is 7.67. The summed E-state index contributed by atoms with van der Waals surface area (Å²) < 4.78 is 0. The van der Waals surface area contributed by atoms with Crippen molar-refractivity contribution in [2.24, 2.45) is 0 Å². The summed E-state index contributed by atoms with van der Waals surface area (Å²) in [6, 6.07) is 17.3. The highest BCUT2D eigenvalue weighted by Crippen LogP contribution is 2.16. The van der Waals surface area contributed by atoms with Gasteiger partial charge in [-0.2, -0.15) is 0 Å². The zero-order chi connectivity index (χ0) is 18.4. The number of carbonyl (C=O) groups is 2. The maximum absolute atomic E-state index is 12.6. The number of aryl methyl sites for hydroxylation is 1. The number of nitrogens with zero attached hydrogens (tertiary/aromatic N) is 2. The number of carbonyl (C=O) groups excluding carboxylic acids is 2. The summed E-state index contributed by atoms with van der Waals surface area (Å²) in [5, 5.41) is 0. The molecule has 3 rings (SSSR count). The van der Waals surface area contributed by atoms with E-state index in [9.17, 15) is 9.59 Å². The molecule has 5 nitrogen and oxygen atoms in total. The topological polar surface area (TPSA) is 66.6 Å². The summed E-state index contributed by atoms with van der Waals surface area (Å²) in [6.45, 7) is 2.28. The van der Waals surface area contributed by atoms with E-state index in [0.29, 0.717) is 43.9 Å². The highest BCUT2D eigenvalue weighted by Gasteiger charge is 2.25. The van der Waals surface area contributed by atoms with Crippen molar-refractivity contribution in [2.75, 3.05) is 31.9 Å². The molecule has 0 radical (unpaired) electrons. The average molecular weight is 388 g/mol. The van der Waals surface area contributed by atoms with Crippen molar-refractivity contribution in [3.8, 4) is 0 Å². The summed E-state index contributed by atoms with van der Waals surface area (Å²) in [7, 11) is 0. The molecular weight excluding hydrogens is 362 g/mol. The largest absolute Gasteiger partial charge is 0.398 e. The Hall–Kier alpha value is -2.53. The van der Waals surface area contributed by atoms with Crippen molar-refractivity contribution in [1.82, 2.24) is 9.80 Å². The third-order valence-electron chi connectivity index (χ3n) is 4.81. The molecule has 0 atom stereocenters.